The minimum absolute atomic E-state index is 0.0155. The van der Waals surface area contributed by atoms with Crippen molar-refractivity contribution in [2.75, 3.05) is 6.54 Å². The van der Waals surface area contributed by atoms with Crippen molar-refractivity contribution < 1.29 is 13.2 Å². The summed E-state index contributed by atoms with van der Waals surface area (Å²) in [5.74, 6) is 0.0155. The highest BCUT2D eigenvalue weighted by Gasteiger charge is 2.36. The lowest BCUT2D eigenvalue weighted by Crippen LogP contribution is -2.36. The van der Waals surface area contributed by atoms with E-state index in [4.69, 9.17) is 0 Å². The predicted molar refractivity (Wildman–Crippen MR) is 60.8 cm³/mol. The van der Waals surface area contributed by atoms with Crippen molar-refractivity contribution in [2.45, 2.75) is 37.3 Å². The number of carbonyl (C=O) groups is 1. The summed E-state index contributed by atoms with van der Waals surface area (Å²) in [4.78, 5) is 17.4. The van der Waals surface area contributed by atoms with Crippen LogP contribution in [0, 0.1) is 0 Å². The van der Waals surface area contributed by atoms with Crippen molar-refractivity contribution in [3.8, 4) is 0 Å². The van der Waals surface area contributed by atoms with Crippen molar-refractivity contribution in [2.24, 2.45) is 0 Å². The zero-order chi connectivity index (χ0) is 12.5. The third-order valence-electron chi connectivity index (χ3n) is 2.91. The molecule has 1 atom stereocenters. The number of rotatable bonds is 4. The molecule has 0 aliphatic carbocycles. The lowest BCUT2D eigenvalue weighted by Gasteiger charge is -2.22. The summed E-state index contributed by atoms with van der Waals surface area (Å²) in [6, 6.07) is -0.208. The Labute approximate surface area is 100 Å². The van der Waals surface area contributed by atoms with Gasteiger partial charge >= 0.3 is 0 Å². The molecule has 0 bridgehead atoms. The normalized spacial score (nSPS) is 21.8. The van der Waals surface area contributed by atoms with E-state index in [2.05, 4.69) is 9.97 Å². The first-order chi connectivity index (χ1) is 8.01. The molecule has 1 fully saturated rings. The molecule has 1 saturated heterocycles. The Morgan fingerprint density at radius 2 is 2.41 bits per heavy atom. The van der Waals surface area contributed by atoms with Crippen molar-refractivity contribution in [1.29, 1.82) is 0 Å². The highest BCUT2D eigenvalue weighted by molar-refractivity contribution is 7.89. The summed E-state index contributed by atoms with van der Waals surface area (Å²) in [6.45, 7) is 1.96. The Bertz CT molecular complexity index is 495. The van der Waals surface area contributed by atoms with E-state index < -0.39 is 10.0 Å². The summed E-state index contributed by atoms with van der Waals surface area (Å²) < 4.78 is 25.9. The van der Waals surface area contributed by atoms with Gasteiger partial charge in [-0.1, -0.05) is 0 Å². The van der Waals surface area contributed by atoms with Crippen LogP contribution in [0.1, 0.15) is 26.2 Å². The number of imidazole rings is 1. The number of aromatic nitrogens is 2. The van der Waals surface area contributed by atoms with Gasteiger partial charge in [0.2, 0.25) is 0 Å². The van der Waals surface area contributed by atoms with Gasteiger partial charge in [-0.3, -0.25) is 4.79 Å². The second-order valence-electron chi connectivity index (χ2n) is 4.23. The number of carbonyl (C=O) groups excluding carboxylic acids is 1. The molecular formula is C10H15N3O3S. The Morgan fingerprint density at radius 1 is 1.65 bits per heavy atom. The van der Waals surface area contributed by atoms with Crippen molar-refractivity contribution >= 4 is 15.8 Å². The van der Waals surface area contributed by atoms with E-state index in [1.807, 2.05) is 0 Å². The molecule has 1 unspecified atom stereocenters. The van der Waals surface area contributed by atoms with Crippen LogP contribution >= 0.6 is 0 Å². The topological polar surface area (TPSA) is 83.1 Å². The first-order valence-corrected chi connectivity index (χ1v) is 6.95. The van der Waals surface area contributed by atoms with Crippen LogP contribution in [-0.2, 0) is 14.8 Å². The van der Waals surface area contributed by atoms with E-state index in [0.29, 0.717) is 6.54 Å². The number of aromatic amines is 1. The zero-order valence-electron chi connectivity index (χ0n) is 9.59. The van der Waals surface area contributed by atoms with Crippen molar-refractivity contribution in [3.63, 3.8) is 0 Å². The van der Waals surface area contributed by atoms with E-state index >= 15 is 0 Å². The maximum Gasteiger partial charge on any atom is 0.260 e. The molecule has 2 rings (SSSR count). The van der Waals surface area contributed by atoms with Gasteiger partial charge in [-0.05, 0) is 19.8 Å². The molecule has 1 N–H and O–H groups in total. The number of sulfonamides is 1. The molecule has 94 valence electrons. The lowest BCUT2D eigenvalue weighted by atomic mass is 10.1. The van der Waals surface area contributed by atoms with Gasteiger partial charge in [-0.2, -0.15) is 4.31 Å². The fourth-order valence-corrected chi connectivity index (χ4v) is 3.76. The van der Waals surface area contributed by atoms with Gasteiger partial charge in [0.05, 0.1) is 12.5 Å². The molecule has 17 heavy (non-hydrogen) atoms. The second-order valence-corrected chi connectivity index (χ2v) is 6.09. The molecule has 0 spiro atoms. The Hall–Kier alpha value is -1.21. The van der Waals surface area contributed by atoms with Crippen LogP contribution in [0.3, 0.4) is 0 Å². The molecule has 1 aliphatic rings. The Morgan fingerprint density at radius 3 is 3.00 bits per heavy atom. The van der Waals surface area contributed by atoms with Gasteiger partial charge in [-0.15, -0.1) is 0 Å². The van der Waals surface area contributed by atoms with Gasteiger partial charge < -0.3 is 4.98 Å². The van der Waals surface area contributed by atoms with Crippen LogP contribution in [0.25, 0.3) is 0 Å². The highest BCUT2D eigenvalue weighted by atomic mass is 32.2. The first kappa shape index (κ1) is 12.3. The summed E-state index contributed by atoms with van der Waals surface area (Å²) in [5, 5.41) is 0.0907. The molecule has 0 aromatic carbocycles. The van der Waals surface area contributed by atoms with Crippen LogP contribution in [0.4, 0.5) is 0 Å². The smallest absolute Gasteiger partial charge is 0.260 e. The average Bonchev–Trinajstić information content (AvgIpc) is 2.85. The molecule has 1 aromatic rings. The highest BCUT2D eigenvalue weighted by Crippen LogP contribution is 2.26. The summed E-state index contributed by atoms with van der Waals surface area (Å²) in [5.41, 5.74) is 0. The third-order valence-corrected chi connectivity index (χ3v) is 4.78. The molecule has 1 aromatic heterocycles. The maximum absolute atomic E-state index is 12.2. The largest absolute Gasteiger partial charge is 0.335 e. The molecule has 6 nitrogen and oxygen atoms in total. The van der Waals surface area contributed by atoms with E-state index in [1.54, 1.807) is 0 Å². The molecule has 7 heteroatoms. The SMILES string of the molecule is CC(=O)CC1CCCN1S(=O)(=O)c1cnc[nH]1. The Kier molecular flexibility index (Phi) is 3.30. The molecule has 2 heterocycles. The van der Waals surface area contributed by atoms with E-state index in [9.17, 15) is 13.2 Å². The lowest BCUT2D eigenvalue weighted by molar-refractivity contribution is -0.117. The fraction of sp³-hybridized carbons (Fsp3) is 0.600. The number of Topliss-reactive ketones (excluding diaryl/α,β-unsaturated/α-hetero) is 1. The number of H-pyrrole nitrogens is 1. The number of ketones is 1. The van der Waals surface area contributed by atoms with Gasteiger partial charge in [0.25, 0.3) is 10.0 Å². The van der Waals surface area contributed by atoms with Gasteiger partial charge in [-0.25, -0.2) is 13.4 Å². The fourth-order valence-electron chi connectivity index (χ4n) is 2.17. The second kappa shape index (κ2) is 4.58. The van der Waals surface area contributed by atoms with Crippen LogP contribution in [0.5, 0.6) is 0 Å². The number of nitrogens with zero attached hydrogens (tertiary/aromatic N) is 2. The molecule has 1 aliphatic heterocycles. The maximum atomic E-state index is 12.2. The van der Waals surface area contributed by atoms with Crippen molar-refractivity contribution in [1.82, 2.24) is 14.3 Å². The quantitative estimate of drug-likeness (QED) is 0.853. The molecular weight excluding hydrogens is 242 g/mol. The van der Waals surface area contributed by atoms with Crippen LogP contribution in [0.15, 0.2) is 17.6 Å². The summed E-state index contributed by atoms with van der Waals surface area (Å²) in [6.07, 6.45) is 4.45. The number of hydrogen-bond acceptors (Lipinski definition) is 4. The molecule has 0 saturated carbocycles. The van der Waals surface area contributed by atoms with E-state index in [-0.39, 0.29) is 23.3 Å². The predicted octanol–water partition coefficient (Wildman–Crippen LogP) is 0.542. The van der Waals surface area contributed by atoms with Crippen LogP contribution in [-0.4, -0.2) is 41.1 Å². The van der Waals surface area contributed by atoms with E-state index in [1.165, 1.54) is 23.8 Å². The van der Waals surface area contributed by atoms with Gasteiger partial charge in [0, 0.05) is 19.0 Å². The van der Waals surface area contributed by atoms with E-state index in [0.717, 1.165) is 12.8 Å². The van der Waals surface area contributed by atoms with Gasteiger partial charge in [0.15, 0.2) is 5.03 Å². The number of nitrogens with one attached hydrogen (secondary N) is 1. The van der Waals surface area contributed by atoms with Gasteiger partial charge in [0.1, 0.15) is 5.78 Å². The number of hydrogen-bond donors (Lipinski definition) is 1. The minimum Gasteiger partial charge on any atom is -0.335 e. The average molecular weight is 257 g/mol. The third kappa shape index (κ3) is 2.39. The Balaban J connectivity index is 2.24. The summed E-state index contributed by atoms with van der Waals surface area (Å²) in [7, 11) is -3.53. The molecule has 0 radical (unpaired) electrons. The van der Waals surface area contributed by atoms with Crippen LogP contribution in [0.2, 0.25) is 0 Å². The minimum atomic E-state index is -3.53. The summed E-state index contributed by atoms with van der Waals surface area (Å²) >= 11 is 0. The molecule has 0 amide bonds. The zero-order valence-corrected chi connectivity index (χ0v) is 10.4. The monoisotopic (exact) mass is 257 g/mol. The van der Waals surface area contributed by atoms with Crippen molar-refractivity contribution in [3.05, 3.63) is 12.5 Å². The van der Waals surface area contributed by atoms with Crippen LogP contribution < -0.4 is 0 Å². The standard InChI is InChI=1S/C10H15N3O3S/c1-8(14)5-9-3-2-4-13(9)17(15,16)10-6-11-7-12-10/h6-7,9H,2-5H2,1H3,(H,11,12). The first-order valence-electron chi connectivity index (χ1n) is 5.51.